The number of hydrogen-bond acceptors (Lipinski definition) is 3. The molecular formula is C11H18N2O. The van der Waals surface area contributed by atoms with Gasteiger partial charge in [0.25, 0.3) is 0 Å². The summed E-state index contributed by atoms with van der Waals surface area (Å²) in [4.78, 5) is 2.46. The molecule has 1 aromatic heterocycles. The Kier molecular flexibility index (Phi) is 2.87. The van der Waals surface area contributed by atoms with Gasteiger partial charge in [0.2, 0.25) is 0 Å². The molecule has 0 amide bonds. The summed E-state index contributed by atoms with van der Waals surface area (Å²) in [7, 11) is 0. The summed E-state index contributed by atoms with van der Waals surface area (Å²) >= 11 is 0. The van der Waals surface area contributed by atoms with Crippen LogP contribution in [0.15, 0.2) is 10.6 Å². The molecule has 2 rings (SSSR count). The molecule has 78 valence electrons. The van der Waals surface area contributed by atoms with E-state index >= 15 is 0 Å². The van der Waals surface area contributed by atoms with Crippen LogP contribution in [0.2, 0.25) is 0 Å². The first-order valence-corrected chi connectivity index (χ1v) is 5.38. The van der Waals surface area contributed by atoms with Crippen LogP contribution in [0, 0.1) is 12.8 Å². The van der Waals surface area contributed by atoms with Gasteiger partial charge in [-0.15, -0.1) is 0 Å². The van der Waals surface area contributed by atoms with E-state index in [0.29, 0.717) is 0 Å². The van der Waals surface area contributed by atoms with Crippen molar-refractivity contribution in [1.29, 1.82) is 0 Å². The third-order valence-electron chi connectivity index (χ3n) is 2.94. The lowest BCUT2D eigenvalue weighted by Crippen LogP contribution is -2.32. The van der Waals surface area contributed by atoms with Crippen LogP contribution in [-0.4, -0.2) is 23.1 Å². The molecule has 14 heavy (non-hydrogen) atoms. The van der Waals surface area contributed by atoms with Crippen LogP contribution in [0.25, 0.3) is 0 Å². The van der Waals surface area contributed by atoms with E-state index in [2.05, 4.69) is 17.0 Å². The fourth-order valence-corrected chi connectivity index (χ4v) is 1.94. The van der Waals surface area contributed by atoms with Crippen molar-refractivity contribution in [2.75, 3.05) is 13.1 Å². The lowest BCUT2D eigenvalue weighted by molar-refractivity contribution is 0.181. The van der Waals surface area contributed by atoms with Gasteiger partial charge in [-0.1, -0.05) is 12.1 Å². The number of piperidine rings is 1. The molecule has 1 aromatic rings. The first kappa shape index (κ1) is 9.71. The van der Waals surface area contributed by atoms with E-state index in [1.165, 1.54) is 25.9 Å². The quantitative estimate of drug-likeness (QED) is 0.723. The highest BCUT2D eigenvalue weighted by atomic mass is 16.5. The average molecular weight is 194 g/mol. The Bertz CT molecular complexity index is 287. The molecule has 0 aromatic carbocycles. The van der Waals surface area contributed by atoms with Gasteiger partial charge in [-0.3, -0.25) is 4.90 Å². The van der Waals surface area contributed by atoms with Crippen molar-refractivity contribution in [2.24, 2.45) is 5.92 Å². The monoisotopic (exact) mass is 194 g/mol. The van der Waals surface area contributed by atoms with Crippen LogP contribution in [0.1, 0.15) is 31.2 Å². The lowest BCUT2D eigenvalue weighted by Gasteiger charge is -2.29. The van der Waals surface area contributed by atoms with Crippen molar-refractivity contribution in [2.45, 2.75) is 33.2 Å². The summed E-state index contributed by atoms with van der Waals surface area (Å²) in [6.45, 7) is 7.62. The summed E-state index contributed by atoms with van der Waals surface area (Å²) in [5.41, 5.74) is 1.07. The second kappa shape index (κ2) is 4.13. The smallest absolute Gasteiger partial charge is 0.133 e. The Hall–Kier alpha value is -0.830. The molecule has 0 radical (unpaired) electrons. The molecule has 0 saturated carbocycles. The van der Waals surface area contributed by atoms with Gasteiger partial charge < -0.3 is 4.52 Å². The third-order valence-corrected chi connectivity index (χ3v) is 2.94. The predicted molar refractivity (Wildman–Crippen MR) is 54.9 cm³/mol. The van der Waals surface area contributed by atoms with Gasteiger partial charge in [0.05, 0.1) is 5.69 Å². The fourth-order valence-electron chi connectivity index (χ4n) is 1.94. The molecule has 1 fully saturated rings. The van der Waals surface area contributed by atoms with Crippen molar-refractivity contribution in [1.82, 2.24) is 10.1 Å². The molecule has 0 aliphatic carbocycles. The van der Waals surface area contributed by atoms with Gasteiger partial charge in [0.15, 0.2) is 0 Å². The molecule has 3 nitrogen and oxygen atoms in total. The zero-order chi connectivity index (χ0) is 9.97. The van der Waals surface area contributed by atoms with E-state index in [9.17, 15) is 0 Å². The van der Waals surface area contributed by atoms with Gasteiger partial charge in [0.1, 0.15) is 5.76 Å². The van der Waals surface area contributed by atoms with Gasteiger partial charge in [-0.25, -0.2) is 0 Å². The van der Waals surface area contributed by atoms with Gasteiger partial charge >= 0.3 is 0 Å². The first-order valence-electron chi connectivity index (χ1n) is 5.38. The average Bonchev–Trinajstić information content (AvgIpc) is 2.56. The molecule has 1 aliphatic heterocycles. The summed E-state index contributed by atoms with van der Waals surface area (Å²) in [6.07, 6.45) is 2.63. The number of aromatic nitrogens is 1. The van der Waals surface area contributed by atoms with Crippen LogP contribution >= 0.6 is 0 Å². The van der Waals surface area contributed by atoms with E-state index in [0.717, 1.165) is 23.9 Å². The van der Waals surface area contributed by atoms with Crippen molar-refractivity contribution < 1.29 is 4.52 Å². The normalized spacial score (nSPS) is 20.1. The molecule has 0 spiro atoms. The molecule has 1 aliphatic rings. The number of aryl methyl sites for hydroxylation is 1. The van der Waals surface area contributed by atoms with Crippen LogP contribution in [0.3, 0.4) is 0 Å². The van der Waals surface area contributed by atoms with E-state index in [4.69, 9.17) is 4.52 Å². The SMILES string of the molecule is Cc1cc(CN2CCC(C)CC2)no1. The standard InChI is InChI=1S/C11H18N2O/c1-9-3-5-13(6-4-9)8-11-7-10(2)14-12-11/h7,9H,3-6,8H2,1-2H3. The second-order valence-electron chi connectivity index (χ2n) is 4.39. The Balaban J connectivity index is 1.86. The maximum absolute atomic E-state index is 5.05. The molecule has 1 saturated heterocycles. The Morgan fingerprint density at radius 2 is 2.21 bits per heavy atom. The van der Waals surface area contributed by atoms with Crippen molar-refractivity contribution in [3.8, 4) is 0 Å². The summed E-state index contributed by atoms with van der Waals surface area (Å²) in [5.74, 6) is 1.80. The first-order chi connectivity index (χ1) is 6.74. The van der Waals surface area contributed by atoms with Gasteiger partial charge in [-0.2, -0.15) is 0 Å². The molecule has 0 atom stereocenters. The molecule has 3 heteroatoms. The largest absolute Gasteiger partial charge is 0.361 e. The van der Waals surface area contributed by atoms with Crippen molar-refractivity contribution in [3.05, 3.63) is 17.5 Å². The van der Waals surface area contributed by atoms with Crippen LogP contribution < -0.4 is 0 Å². The van der Waals surface area contributed by atoms with E-state index in [1.807, 2.05) is 13.0 Å². The van der Waals surface area contributed by atoms with Gasteiger partial charge in [-0.05, 0) is 38.8 Å². The Morgan fingerprint density at radius 3 is 2.79 bits per heavy atom. The van der Waals surface area contributed by atoms with Gasteiger partial charge in [0, 0.05) is 12.6 Å². The zero-order valence-corrected chi connectivity index (χ0v) is 8.99. The summed E-state index contributed by atoms with van der Waals surface area (Å²) in [6, 6.07) is 2.03. The Labute approximate surface area is 85.1 Å². The fraction of sp³-hybridized carbons (Fsp3) is 0.727. The minimum absolute atomic E-state index is 0.894. The summed E-state index contributed by atoms with van der Waals surface area (Å²) < 4.78 is 5.05. The highest BCUT2D eigenvalue weighted by Gasteiger charge is 2.16. The highest BCUT2D eigenvalue weighted by molar-refractivity contribution is 5.03. The minimum atomic E-state index is 0.894. The van der Waals surface area contributed by atoms with Crippen LogP contribution in [0.5, 0.6) is 0 Å². The molecule has 2 heterocycles. The van der Waals surface area contributed by atoms with E-state index in [-0.39, 0.29) is 0 Å². The highest BCUT2D eigenvalue weighted by Crippen LogP contribution is 2.17. The lowest BCUT2D eigenvalue weighted by atomic mass is 9.99. The van der Waals surface area contributed by atoms with Crippen LogP contribution in [0.4, 0.5) is 0 Å². The zero-order valence-electron chi connectivity index (χ0n) is 8.99. The maximum atomic E-state index is 5.05. The molecule has 0 unspecified atom stereocenters. The second-order valence-corrected chi connectivity index (χ2v) is 4.39. The number of hydrogen-bond donors (Lipinski definition) is 0. The Morgan fingerprint density at radius 1 is 1.50 bits per heavy atom. The molecular weight excluding hydrogens is 176 g/mol. The number of rotatable bonds is 2. The minimum Gasteiger partial charge on any atom is -0.361 e. The molecule has 0 bridgehead atoms. The van der Waals surface area contributed by atoms with E-state index in [1.54, 1.807) is 0 Å². The third kappa shape index (κ3) is 2.35. The summed E-state index contributed by atoms with van der Waals surface area (Å²) in [5, 5.41) is 4.01. The van der Waals surface area contributed by atoms with Crippen molar-refractivity contribution >= 4 is 0 Å². The predicted octanol–water partition coefficient (Wildman–Crippen LogP) is 2.21. The van der Waals surface area contributed by atoms with E-state index < -0.39 is 0 Å². The van der Waals surface area contributed by atoms with Crippen LogP contribution in [-0.2, 0) is 6.54 Å². The maximum Gasteiger partial charge on any atom is 0.133 e. The van der Waals surface area contributed by atoms with Crippen molar-refractivity contribution in [3.63, 3.8) is 0 Å². The molecule has 0 N–H and O–H groups in total. The number of nitrogens with zero attached hydrogens (tertiary/aromatic N) is 2. The topological polar surface area (TPSA) is 29.3 Å². The number of likely N-dealkylation sites (tertiary alicyclic amines) is 1.